The maximum atomic E-state index is 12.3. The van der Waals surface area contributed by atoms with Gasteiger partial charge in [0.15, 0.2) is 5.82 Å². The fourth-order valence-electron chi connectivity index (χ4n) is 1.66. The number of halogens is 3. The van der Waals surface area contributed by atoms with Gasteiger partial charge in [-0.3, -0.25) is 4.79 Å². The molecule has 0 spiro atoms. The van der Waals surface area contributed by atoms with E-state index in [0.717, 1.165) is 5.56 Å². The van der Waals surface area contributed by atoms with Gasteiger partial charge in [0.25, 0.3) is 5.91 Å². The van der Waals surface area contributed by atoms with Crippen molar-refractivity contribution < 1.29 is 4.79 Å². The van der Waals surface area contributed by atoms with Crippen molar-refractivity contribution in [1.29, 1.82) is 0 Å². The van der Waals surface area contributed by atoms with Gasteiger partial charge in [-0.05, 0) is 46.6 Å². The van der Waals surface area contributed by atoms with Gasteiger partial charge in [-0.1, -0.05) is 23.2 Å². The molecule has 0 aliphatic heterocycles. The first-order chi connectivity index (χ1) is 9.92. The van der Waals surface area contributed by atoms with E-state index in [4.69, 9.17) is 29.0 Å². The van der Waals surface area contributed by atoms with Crippen molar-refractivity contribution in [2.75, 3.05) is 10.7 Å². The minimum absolute atomic E-state index is 0.255. The van der Waals surface area contributed by atoms with Gasteiger partial charge < -0.3 is 10.7 Å². The van der Waals surface area contributed by atoms with E-state index < -0.39 is 5.91 Å². The van der Waals surface area contributed by atoms with Gasteiger partial charge in [0, 0.05) is 15.7 Å². The fourth-order valence-corrected chi connectivity index (χ4v) is 2.42. The summed E-state index contributed by atoms with van der Waals surface area (Å²) in [5, 5.41) is 3.60. The summed E-state index contributed by atoms with van der Waals surface area (Å²) in [5.41, 5.74) is 3.89. The molecule has 110 valence electrons. The van der Waals surface area contributed by atoms with Crippen LogP contribution >= 0.6 is 39.1 Å². The van der Waals surface area contributed by atoms with Crippen molar-refractivity contribution >= 4 is 56.5 Å². The van der Waals surface area contributed by atoms with Crippen molar-refractivity contribution in [3.8, 4) is 0 Å². The third kappa shape index (κ3) is 3.65. The van der Waals surface area contributed by atoms with E-state index >= 15 is 0 Å². The number of nitrogens with two attached hydrogens (primary N) is 1. The Kier molecular flexibility index (Phi) is 5.05. The highest BCUT2D eigenvalue weighted by atomic mass is 79.9. The van der Waals surface area contributed by atoms with Crippen molar-refractivity contribution in [3.05, 3.63) is 50.0 Å². The van der Waals surface area contributed by atoms with Gasteiger partial charge in [0.05, 0.1) is 16.3 Å². The van der Waals surface area contributed by atoms with Gasteiger partial charge in [0.2, 0.25) is 0 Å². The highest BCUT2D eigenvalue weighted by Gasteiger charge is 2.15. The standard InChI is InChI=1S/C13H11BrCl2N4O/c1-6-2-10(16)11(4-9(6)15)19-13(21)8-3-7(14)5-18-12(8)20-17/h2-5H,17H2,1H3,(H,18,20)(H,19,21). The number of carbonyl (C=O) groups is 1. The Morgan fingerprint density at radius 3 is 2.67 bits per heavy atom. The molecule has 1 heterocycles. The number of carbonyl (C=O) groups excluding carboxylic acids is 1. The number of aryl methyl sites for hydroxylation is 1. The summed E-state index contributed by atoms with van der Waals surface area (Å²) < 4.78 is 0.652. The minimum atomic E-state index is -0.404. The number of amides is 1. The van der Waals surface area contributed by atoms with Crippen LogP contribution in [0, 0.1) is 6.92 Å². The average Bonchev–Trinajstić information content (AvgIpc) is 2.44. The first-order valence-corrected chi connectivity index (χ1v) is 7.36. The number of rotatable bonds is 3. The lowest BCUT2D eigenvalue weighted by molar-refractivity contribution is 0.102. The monoisotopic (exact) mass is 388 g/mol. The molecule has 0 aliphatic rings. The Bertz CT molecular complexity index is 709. The summed E-state index contributed by atoms with van der Waals surface area (Å²) in [4.78, 5) is 16.3. The number of aromatic nitrogens is 1. The van der Waals surface area contributed by atoms with Crippen LogP contribution in [0.3, 0.4) is 0 Å². The van der Waals surface area contributed by atoms with Crippen LogP contribution in [-0.4, -0.2) is 10.9 Å². The van der Waals surface area contributed by atoms with E-state index in [2.05, 4.69) is 31.7 Å². The zero-order valence-corrected chi connectivity index (χ0v) is 14.0. The van der Waals surface area contributed by atoms with Gasteiger partial charge in [-0.2, -0.15) is 0 Å². The number of nitrogens with one attached hydrogen (secondary N) is 2. The molecule has 2 rings (SSSR count). The van der Waals surface area contributed by atoms with E-state index in [-0.39, 0.29) is 11.4 Å². The predicted octanol–water partition coefficient (Wildman–Crippen LogP) is 4.00. The van der Waals surface area contributed by atoms with Gasteiger partial charge in [-0.15, -0.1) is 0 Å². The number of pyridine rings is 1. The lowest BCUT2D eigenvalue weighted by atomic mass is 10.2. The third-order valence-electron chi connectivity index (χ3n) is 2.73. The third-order valence-corrected chi connectivity index (χ3v) is 3.89. The molecule has 0 atom stereocenters. The first-order valence-electron chi connectivity index (χ1n) is 5.81. The Morgan fingerprint density at radius 2 is 2.00 bits per heavy atom. The molecule has 4 N–H and O–H groups in total. The molecule has 5 nitrogen and oxygen atoms in total. The Hall–Kier alpha value is -1.34. The molecule has 1 aromatic heterocycles. The van der Waals surface area contributed by atoms with Crippen LogP contribution in [0.2, 0.25) is 10.0 Å². The van der Waals surface area contributed by atoms with Crippen LogP contribution < -0.4 is 16.6 Å². The lowest BCUT2D eigenvalue weighted by Gasteiger charge is -2.11. The average molecular weight is 390 g/mol. The SMILES string of the molecule is Cc1cc(Cl)c(NC(=O)c2cc(Br)cnc2NN)cc1Cl. The van der Waals surface area contributed by atoms with Crippen LogP contribution in [0.5, 0.6) is 0 Å². The smallest absolute Gasteiger partial charge is 0.259 e. The quantitative estimate of drug-likeness (QED) is 0.547. The highest BCUT2D eigenvalue weighted by Crippen LogP contribution is 2.29. The molecule has 1 amide bonds. The summed E-state index contributed by atoms with van der Waals surface area (Å²) in [6, 6.07) is 4.88. The maximum absolute atomic E-state index is 12.3. The molecule has 0 saturated heterocycles. The van der Waals surface area contributed by atoms with Crippen molar-refractivity contribution in [2.24, 2.45) is 5.84 Å². The molecule has 0 bridgehead atoms. The fraction of sp³-hybridized carbons (Fsp3) is 0.0769. The number of anilines is 2. The number of nitrogen functional groups attached to an aromatic ring is 1. The predicted molar refractivity (Wildman–Crippen MR) is 88.9 cm³/mol. The van der Waals surface area contributed by atoms with Gasteiger partial charge in [-0.25, -0.2) is 10.8 Å². The zero-order valence-electron chi connectivity index (χ0n) is 10.9. The van der Waals surface area contributed by atoms with E-state index in [1.54, 1.807) is 18.2 Å². The Balaban J connectivity index is 2.34. The van der Waals surface area contributed by atoms with Crippen LogP contribution in [0.25, 0.3) is 0 Å². The summed E-state index contributed by atoms with van der Waals surface area (Å²) in [6.07, 6.45) is 1.53. The highest BCUT2D eigenvalue weighted by molar-refractivity contribution is 9.10. The second kappa shape index (κ2) is 6.62. The first kappa shape index (κ1) is 16.0. The number of hydrogen-bond acceptors (Lipinski definition) is 4. The number of benzene rings is 1. The van der Waals surface area contributed by atoms with Crippen molar-refractivity contribution in [3.63, 3.8) is 0 Å². The second-order valence-electron chi connectivity index (χ2n) is 4.23. The van der Waals surface area contributed by atoms with E-state index in [1.807, 2.05) is 6.92 Å². The molecular formula is C13H11BrCl2N4O. The number of hydrogen-bond donors (Lipinski definition) is 3. The Morgan fingerprint density at radius 1 is 1.29 bits per heavy atom. The molecule has 0 radical (unpaired) electrons. The van der Waals surface area contributed by atoms with E-state index in [1.165, 1.54) is 6.20 Å². The van der Waals surface area contributed by atoms with Crippen LogP contribution in [0.1, 0.15) is 15.9 Å². The molecule has 21 heavy (non-hydrogen) atoms. The van der Waals surface area contributed by atoms with Crippen LogP contribution in [0.4, 0.5) is 11.5 Å². The minimum Gasteiger partial charge on any atom is -0.320 e. The maximum Gasteiger partial charge on any atom is 0.259 e. The number of hydrazine groups is 1. The summed E-state index contributed by atoms with van der Waals surface area (Å²) in [5.74, 6) is 5.20. The van der Waals surface area contributed by atoms with Crippen molar-refractivity contribution in [1.82, 2.24) is 4.98 Å². The molecule has 1 aromatic carbocycles. The molecule has 0 saturated carbocycles. The van der Waals surface area contributed by atoms with E-state index in [9.17, 15) is 4.79 Å². The zero-order chi connectivity index (χ0) is 15.6. The van der Waals surface area contributed by atoms with Crippen LogP contribution in [0.15, 0.2) is 28.9 Å². The topological polar surface area (TPSA) is 80.0 Å². The van der Waals surface area contributed by atoms with E-state index in [0.29, 0.717) is 20.2 Å². The lowest BCUT2D eigenvalue weighted by Crippen LogP contribution is -2.18. The van der Waals surface area contributed by atoms with Gasteiger partial charge >= 0.3 is 0 Å². The summed E-state index contributed by atoms with van der Waals surface area (Å²) in [6.45, 7) is 1.83. The molecular weight excluding hydrogens is 379 g/mol. The Labute approximate surface area is 139 Å². The largest absolute Gasteiger partial charge is 0.320 e. The number of nitrogens with zero attached hydrogens (tertiary/aromatic N) is 1. The molecule has 2 aromatic rings. The molecule has 8 heteroatoms. The summed E-state index contributed by atoms with van der Waals surface area (Å²) in [7, 11) is 0. The van der Waals surface area contributed by atoms with Crippen molar-refractivity contribution in [2.45, 2.75) is 6.92 Å². The van der Waals surface area contributed by atoms with Crippen LogP contribution in [-0.2, 0) is 0 Å². The summed E-state index contributed by atoms with van der Waals surface area (Å²) >= 11 is 15.4. The molecule has 0 aliphatic carbocycles. The second-order valence-corrected chi connectivity index (χ2v) is 5.96. The molecule has 0 fully saturated rings. The molecule has 0 unspecified atom stereocenters. The van der Waals surface area contributed by atoms with Gasteiger partial charge in [0.1, 0.15) is 0 Å². The normalized spacial score (nSPS) is 10.3.